The first-order valence-corrected chi connectivity index (χ1v) is 4.39. The predicted molar refractivity (Wildman–Crippen MR) is 55.2 cm³/mol. The summed E-state index contributed by atoms with van der Waals surface area (Å²) in [7, 11) is 0. The monoisotopic (exact) mass is 177 g/mol. The summed E-state index contributed by atoms with van der Waals surface area (Å²) in [5.41, 5.74) is 7.32. The molecule has 0 aliphatic carbocycles. The van der Waals surface area contributed by atoms with Crippen molar-refractivity contribution in [1.82, 2.24) is 0 Å². The Balaban J connectivity index is 2.97. The van der Waals surface area contributed by atoms with Crippen LogP contribution in [0.2, 0.25) is 0 Å². The summed E-state index contributed by atoms with van der Waals surface area (Å²) in [6, 6.07) is 7.75. The largest absolute Gasteiger partial charge is 0.389 e. The number of hydrogen-bond acceptors (Lipinski definition) is 2. The number of hydrogen-bond donors (Lipinski definition) is 2. The topological polar surface area (TPSA) is 46.2 Å². The van der Waals surface area contributed by atoms with Gasteiger partial charge in [-0.15, -0.1) is 0 Å². The highest BCUT2D eigenvalue weighted by Crippen LogP contribution is 2.18. The molecule has 0 spiro atoms. The van der Waals surface area contributed by atoms with Gasteiger partial charge in [-0.1, -0.05) is 36.4 Å². The van der Waals surface area contributed by atoms with Crippen LogP contribution in [0.3, 0.4) is 0 Å². The smallest absolute Gasteiger partial charge is 0.0767 e. The van der Waals surface area contributed by atoms with Crippen molar-refractivity contribution >= 4 is 6.08 Å². The molecule has 2 nitrogen and oxygen atoms in total. The van der Waals surface area contributed by atoms with Crippen LogP contribution >= 0.6 is 0 Å². The highest BCUT2D eigenvalue weighted by molar-refractivity contribution is 5.54. The normalized spacial score (nSPS) is 13.5. The molecule has 0 bridgehead atoms. The summed E-state index contributed by atoms with van der Waals surface area (Å²) in [6.07, 6.45) is 3.38. The summed E-state index contributed by atoms with van der Waals surface area (Å²) in [5.74, 6) is 0. The Morgan fingerprint density at radius 1 is 1.46 bits per heavy atom. The van der Waals surface area contributed by atoms with Crippen LogP contribution in [0, 0.1) is 0 Å². The number of aliphatic hydroxyl groups is 1. The lowest BCUT2D eigenvalue weighted by Gasteiger charge is -2.07. The molecule has 3 N–H and O–H groups in total. The molecular weight excluding hydrogens is 162 g/mol. The minimum absolute atomic E-state index is 0.432. The highest BCUT2D eigenvalue weighted by atomic mass is 16.3. The van der Waals surface area contributed by atoms with Crippen molar-refractivity contribution in [2.45, 2.75) is 13.0 Å². The average molecular weight is 177 g/mol. The van der Waals surface area contributed by atoms with Gasteiger partial charge in [-0.3, -0.25) is 0 Å². The lowest BCUT2D eigenvalue weighted by Crippen LogP contribution is -1.95. The van der Waals surface area contributed by atoms with E-state index in [1.54, 1.807) is 6.92 Å². The van der Waals surface area contributed by atoms with Crippen LogP contribution in [-0.4, -0.2) is 11.7 Å². The zero-order chi connectivity index (χ0) is 9.68. The maximum absolute atomic E-state index is 9.44. The second-order valence-corrected chi connectivity index (χ2v) is 2.94. The second kappa shape index (κ2) is 4.80. The molecule has 2 heteroatoms. The zero-order valence-electron chi connectivity index (χ0n) is 7.77. The second-order valence-electron chi connectivity index (χ2n) is 2.94. The fourth-order valence-corrected chi connectivity index (χ4v) is 1.24. The van der Waals surface area contributed by atoms with Crippen molar-refractivity contribution in [3.8, 4) is 0 Å². The minimum atomic E-state index is -0.432. The quantitative estimate of drug-likeness (QED) is 0.738. The van der Waals surface area contributed by atoms with E-state index in [1.807, 2.05) is 36.4 Å². The average Bonchev–Trinajstić information content (AvgIpc) is 2.15. The molecule has 70 valence electrons. The van der Waals surface area contributed by atoms with Crippen LogP contribution in [0.15, 0.2) is 30.3 Å². The first-order valence-electron chi connectivity index (χ1n) is 4.39. The molecular formula is C11H15NO. The summed E-state index contributed by atoms with van der Waals surface area (Å²) in [4.78, 5) is 0. The molecule has 0 heterocycles. The van der Waals surface area contributed by atoms with Gasteiger partial charge in [0.1, 0.15) is 0 Å². The van der Waals surface area contributed by atoms with E-state index >= 15 is 0 Å². The Labute approximate surface area is 78.7 Å². The summed E-state index contributed by atoms with van der Waals surface area (Å²) in [5, 5.41) is 9.44. The molecule has 0 aliphatic rings. The SMILES string of the molecule is CC(O)c1ccccc1/C=C/CN. The van der Waals surface area contributed by atoms with Crippen LogP contribution in [0.5, 0.6) is 0 Å². The van der Waals surface area contributed by atoms with Crippen molar-refractivity contribution < 1.29 is 5.11 Å². The van der Waals surface area contributed by atoms with Gasteiger partial charge in [0.2, 0.25) is 0 Å². The van der Waals surface area contributed by atoms with Crippen molar-refractivity contribution in [2.75, 3.05) is 6.54 Å². The van der Waals surface area contributed by atoms with Crippen molar-refractivity contribution in [1.29, 1.82) is 0 Å². The van der Waals surface area contributed by atoms with E-state index in [-0.39, 0.29) is 0 Å². The van der Waals surface area contributed by atoms with Gasteiger partial charge in [0.05, 0.1) is 6.10 Å². The summed E-state index contributed by atoms with van der Waals surface area (Å²) in [6.45, 7) is 2.28. The Hall–Kier alpha value is -1.12. The van der Waals surface area contributed by atoms with Gasteiger partial charge in [0.15, 0.2) is 0 Å². The number of rotatable bonds is 3. The molecule has 1 rings (SSSR count). The third-order valence-electron chi connectivity index (χ3n) is 1.88. The van der Waals surface area contributed by atoms with E-state index in [2.05, 4.69) is 0 Å². The van der Waals surface area contributed by atoms with Crippen LogP contribution in [0.1, 0.15) is 24.2 Å². The molecule has 0 radical (unpaired) electrons. The maximum Gasteiger partial charge on any atom is 0.0767 e. The lowest BCUT2D eigenvalue weighted by atomic mass is 10.0. The Kier molecular flexibility index (Phi) is 3.68. The molecule has 0 aliphatic heterocycles. The van der Waals surface area contributed by atoms with Crippen molar-refractivity contribution in [3.05, 3.63) is 41.5 Å². The first-order chi connectivity index (χ1) is 6.25. The van der Waals surface area contributed by atoms with Crippen LogP contribution in [0.4, 0.5) is 0 Å². The van der Waals surface area contributed by atoms with Crippen LogP contribution in [-0.2, 0) is 0 Å². The Morgan fingerprint density at radius 3 is 2.77 bits per heavy atom. The molecule has 0 fully saturated rings. The van der Waals surface area contributed by atoms with Gasteiger partial charge < -0.3 is 10.8 Å². The van der Waals surface area contributed by atoms with Crippen molar-refractivity contribution in [2.24, 2.45) is 5.73 Å². The van der Waals surface area contributed by atoms with E-state index in [1.165, 1.54) is 0 Å². The first kappa shape index (κ1) is 9.96. The van der Waals surface area contributed by atoms with E-state index in [9.17, 15) is 5.11 Å². The highest BCUT2D eigenvalue weighted by Gasteiger charge is 2.03. The third kappa shape index (κ3) is 2.68. The van der Waals surface area contributed by atoms with Gasteiger partial charge >= 0.3 is 0 Å². The van der Waals surface area contributed by atoms with E-state index in [0.29, 0.717) is 6.54 Å². The van der Waals surface area contributed by atoms with Crippen LogP contribution < -0.4 is 5.73 Å². The fourth-order valence-electron chi connectivity index (χ4n) is 1.24. The van der Waals surface area contributed by atoms with Crippen LogP contribution in [0.25, 0.3) is 6.08 Å². The van der Waals surface area contributed by atoms with Gasteiger partial charge in [-0.25, -0.2) is 0 Å². The van der Waals surface area contributed by atoms with Gasteiger partial charge in [0.25, 0.3) is 0 Å². The standard InChI is InChI=1S/C11H15NO/c1-9(13)11-7-3-2-5-10(11)6-4-8-12/h2-7,9,13H,8,12H2,1H3/b6-4+. The molecule has 0 saturated carbocycles. The predicted octanol–water partition coefficient (Wildman–Crippen LogP) is 1.71. The Morgan fingerprint density at radius 2 is 2.15 bits per heavy atom. The van der Waals surface area contributed by atoms with Gasteiger partial charge in [-0.2, -0.15) is 0 Å². The maximum atomic E-state index is 9.44. The van der Waals surface area contributed by atoms with E-state index in [4.69, 9.17) is 5.73 Å². The fraction of sp³-hybridized carbons (Fsp3) is 0.273. The number of nitrogens with two attached hydrogens (primary N) is 1. The molecule has 1 aromatic carbocycles. The molecule has 0 amide bonds. The summed E-state index contributed by atoms with van der Waals surface area (Å²) >= 11 is 0. The number of benzene rings is 1. The Bertz CT molecular complexity index is 292. The number of aliphatic hydroxyl groups excluding tert-OH is 1. The zero-order valence-corrected chi connectivity index (χ0v) is 7.77. The third-order valence-corrected chi connectivity index (χ3v) is 1.88. The minimum Gasteiger partial charge on any atom is -0.389 e. The molecule has 1 atom stereocenters. The summed E-state index contributed by atoms with van der Waals surface area (Å²) < 4.78 is 0. The molecule has 13 heavy (non-hydrogen) atoms. The van der Waals surface area contributed by atoms with Gasteiger partial charge in [0, 0.05) is 6.54 Å². The molecule has 0 saturated heterocycles. The van der Waals surface area contributed by atoms with Crippen molar-refractivity contribution in [3.63, 3.8) is 0 Å². The van der Waals surface area contributed by atoms with E-state index < -0.39 is 6.10 Å². The molecule has 1 aromatic rings. The van der Waals surface area contributed by atoms with Gasteiger partial charge in [-0.05, 0) is 18.1 Å². The van der Waals surface area contributed by atoms with E-state index in [0.717, 1.165) is 11.1 Å². The molecule has 1 unspecified atom stereocenters. The lowest BCUT2D eigenvalue weighted by molar-refractivity contribution is 0.199. The molecule has 0 aromatic heterocycles.